The van der Waals surface area contributed by atoms with E-state index >= 15 is 0 Å². The van der Waals surface area contributed by atoms with E-state index in [0.29, 0.717) is 11.9 Å². The van der Waals surface area contributed by atoms with Crippen molar-refractivity contribution in [3.8, 4) is 0 Å². The number of hydrogen-bond acceptors (Lipinski definition) is 4. The van der Waals surface area contributed by atoms with Crippen LogP contribution in [0.15, 0.2) is 22.6 Å². The summed E-state index contributed by atoms with van der Waals surface area (Å²) >= 11 is 1.47. The Kier molecular flexibility index (Phi) is 2.36. The molecule has 0 unspecified atom stereocenters. The molecule has 0 saturated carbocycles. The van der Waals surface area contributed by atoms with E-state index in [4.69, 9.17) is 5.73 Å². The molecule has 2 heterocycles. The number of hydrogen-bond donors (Lipinski definition) is 1. The highest BCUT2D eigenvalue weighted by atomic mass is 32.1. The van der Waals surface area contributed by atoms with Gasteiger partial charge >= 0.3 is 0 Å². The summed E-state index contributed by atoms with van der Waals surface area (Å²) in [5.41, 5.74) is 5.24. The van der Waals surface area contributed by atoms with E-state index in [9.17, 15) is 4.79 Å². The summed E-state index contributed by atoms with van der Waals surface area (Å²) in [6, 6.07) is 1.80. The summed E-state index contributed by atoms with van der Waals surface area (Å²) in [5.74, 6) is 0. The lowest BCUT2D eigenvalue weighted by molar-refractivity contribution is 0.354. The topological polar surface area (TPSA) is 60.9 Å². The Morgan fingerprint density at radius 2 is 2.33 bits per heavy atom. The molecule has 0 saturated heterocycles. The van der Waals surface area contributed by atoms with Crippen LogP contribution in [-0.4, -0.2) is 16.1 Å². The summed E-state index contributed by atoms with van der Waals surface area (Å²) in [6.45, 7) is 4.26. The predicted molar refractivity (Wildman–Crippen MR) is 62.3 cm³/mol. The van der Waals surface area contributed by atoms with Gasteiger partial charge in [-0.25, -0.2) is 4.98 Å². The molecule has 5 heteroatoms. The summed E-state index contributed by atoms with van der Waals surface area (Å²) < 4.78 is 1.60. The second-order valence-electron chi connectivity index (χ2n) is 4.08. The van der Waals surface area contributed by atoms with E-state index in [1.165, 1.54) is 11.3 Å². The Balaban J connectivity index is 2.73. The third-order valence-electron chi connectivity index (χ3n) is 2.54. The lowest BCUT2D eigenvalue weighted by Gasteiger charge is -2.24. The molecule has 0 aliphatic rings. The molecule has 2 aromatic heterocycles. The Hall–Kier alpha value is -1.20. The van der Waals surface area contributed by atoms with Gasteiger partial charge in [-0.15, -0.1) is 11.3 Å². The number of aromatic nitrogens is 2. The third kappa shape index (κ3) is 1.57. The van der Waals surface area contributed by atoms with Gasteiger partial charge in [0.15, 0.2) is 0 Å². The third-order valence-corrected chi connectivity index (χ3v) is 3.36. The Morgan fingerprint density at radius 1 is 1.60 bits per heavy atom. The highest BCUT2D eigenvalue weighted by Gasteiger charge is 2.20. The van der Waals surface area contributed by atoms with Gasteiger partial charge in [0.25, 0.3) is 5.56 Å². The molecule has 0 amide bonds. The van der Waals surface area contributed by atoms with Crippen LogP contribution in [0.1, 0.15) is 13.8 Å². The fraction of sp³-hybridized carbons (Fsp3) is 0.400. The SMILES string of the molecule is CC(C)(CN)n1cnc2sccc2c1=O. The summed E-state index contributed by atoms with van der Waals surface area (Å²) in [4.78, 5) is 17.1. The zero-order valence-electron chi connectivity index (χ0n) is 8.73. The molecule has 0 bridgehead atoms. The van der Waals surface area contributed by atoms with Gasteiger partial charge in [0, 0.05) is 6.54 Å². The zero-order chi connectivity index (χ0) is 11.1. The van der Waals surface area contributed by atoms with E-state index in [1.54, 1.807) is 17.0 Å². The van der Waals surface area contributed by atoms with Crippen LogP contribution in [0.25, 0.3) is 10.2 Å². The highest BCUT2D eigenvalue weighted by Crippen LogP contribution is 2.16. The van der Waals surface area contributed by atoms with Crippen molar-refractivity contribution in [3.05, 3.63) is 28.1 Å². The molecular weight excluding hydrogens is 210 g/mol. The minimum atomic E-state index is -0.389. The normalized spacial score (nSPS) is 12.2. The largest absolute Gasteiger partial charge is 0.328 e. The van der Waals surface area contributed by atoms with E-state index in [2.05, 4.69) is 4.98 Å². The lowest BCUT2D eigenvalue weighted by Crippen LogP contribution is -2.41. The molecule has 2 aromatic rings. The molecule has 0 atom stereocenters. The number of fused-ring (bicyclic) bond motifs is 1. The highest BCUT2D eigenvalue weighted by molar-refractivity contribution is 7.16. The number of thiophene rings is 1. The maximum Gasteiger partial charge on any atom is 0.262 e. The second-order valence-corrected chi connectivity index (χ2v) is 4.97. The predicted octanol–water partition coefficient (Wildman–Crippen LogP) is 1.15. The van der Waals surface area contributed by atoms with Gasteiger partial charge in [-0.1, -0.05) is 0 Å². The molecule has 0 aliphatic heterocycles. The summed E-state index contributed by atoms with van der Waals surface area (Å²) in [7, 11) is 0. The molecule has 0 spiro atoms. The van der Waals surface area contributed by atoms with Crippen molar-refractivity contribution in [2.75, 3.05) is 6.54 Å². The van der Waals surface area contributed by atoms with Crippen LogP contribution in [0.4, 0.5) is 0 Å². The quantitative estimate of drug-likeness (QED) is 0.830. The Labute approximate surface area is 91.4 Å². The van der Waals surface area contributed by atoms with Crippen LogP contribution in [0, 0.1) is 0 Å². The number of nitrogens with zero attached hydrogens (tertiary/aromatic N) is 2. The molecule has 80 valence electrons. The van der Waals surface area contributed by atoms with Crippen LogP contribution in [0.5, 0.6) is 0 Å². The average Bonchev–Trinajstić information content (AvgIpc) is 2.66. The zero-order valence-corrected chi connectivity index (χ0v) is 9.54. The van der Waals surface area contributed by atoms with Crippen molar-refractivity contribution < 1.29 is 0 Å². The van der Waals surface area contributed by atoms with Gasteiger partial charge in [-0.2, -0.15) is 0 Å². The van der Waals surface area contributed by atoms with Crippen molar-refractivity contribution in [1.29, 1.82) is 0 Å². The van der Waals surface area contributed by atoms with E-state index < -0.39 is 0 Å². The monoisotopic (exact) mass is 223 g/mol. The van der Waals surface area contributed by atoms with Crippen LogP contribution in [-0.2, 0) is 5.54 Å². The van der Waals surface area contributed by atoms with Gasteiger partial charge < -0.3 is 5.73 Å². The second kappa shape index (κ2) is 3.43. The Morgan fingerprint density at radius 3 is 3.00 bits per heavy atom. The fourth-order valence-electron chi connectivity index (χ4n) is 1.39. The van der Waals surface area contributed by atoms with Crippen molar-refractivity contribution in [1.82, 2.24) is 9.55 Å². The van der Waals surface area contributed by atoms with Gasteiger partial charge in [0.2, 0.25) is 0 Å². The maximum absolute atomic E-state index is 12.1. The van der Waals surface area contributed by atoms with Crippen LogP contribution >= 0.6 is 11.3 Å². The van der Waals surface area contributed by atoms with Crippen molar-refractivity contribution >= 4 is 21.6 Å². The van der Waals surface area contributed by atoms with E-state index in [1.807, 2.05) is 19.2 Å². The van der Waals surface area contributed by atoms with Gasteiger partial charge in [0.05, 0.1) is 17.3 Å². The minimum Gasteiger partial charge on any atom is -0.328 e. The van der Waals surface area contributed by atoms with Crippen molar-refractivity contribution in [2.24, 2.45) is 5.73 Å². The first-order chi connectivity index (χ1) is 7.06. The molecule has 0 fully saturated rings. The molecule has 0 radical (unpaired) electrons. The molecule has 2 rings (SSSR count). The first kappa shape index (κ1) is 10.3. The molecular formula is C10H13N3OS. The lowest BCUT2D eigenvalue weighted by atomic mass is 10.1. The van der Waals surface area contributed by atoms with E-state index in [0.717, 1.165) is 4.83 Å². The van der Waals surface area contributed by atoms with Gasteiger partial charge in [0.1, 0.15) is 4.83 Å². The Bertz CT molecular complexity index is 541. The molecule has 0 aliphatic carbocycles. The maximum atomic E-state index is 12.1. The van der Waals surface area contributed by atoms with Crippen LogP contribution < -0.4 is 11.3 Å². The fourth-order valence-corrected chi connectivity index (χ4v) is 2.11. The van der Waals surface area contributed by atoms with Gasteiger partial charge in [-0.05, 0) is 25.3 Å². The molecule has 2 N–H and O–H groups in total. The molecule has 15 heavy (non-hydrogen) atoms. The standard InChI is InChI=1S/C10H13N3OS/c1-10(2,5-11)13-6-12-8-7(9(13)14)3-4-15-8/h3-4,6H,5,11H2,1-2H3. The number of rotatable bonds is 2. The average molecular weight is 223 g/mol. The molecule has 0 aromatic carbocycles. The van der Waals surface area contributed by atoms with Crippen molar-refractivity contribution in [2.45, 2.75) is 19.4 Å². The minimum absolute atomic E-state index is 0.0169. The number of nitrogens with two attached hydrogens (primary N) is 1. The first-order valence-electron chi connectivity index (χ1n) is 4.71. The van der Waals surface area contributed by atoms with Crippen molar-refractivity contribution in [3.63, 3.8) is 0 Å². The summed E-state index contributed by atoms with van der Waals surface area (Å²) in [5, 5.41) is 2.54. The molecule has 4 nitrogen and oxygen atoms in total. The van der Waals surface area contributed by atoms with Gasteiger partial charge in [-0.3, -0.25) is 9.36 Å². The van der Waals surface area contributed by atoms with Crippen LogP contribution in [0.3, 0.4) is 0 Å². The van der Waals surface area contributed by atoms with Crippen LogP contribution in [0.2, 0.25) is 0 Å². The van der Waals surface area contributed by atoms with E-state index in [-0.39, 0.29) is 11.1 Å². The summed E-state index contributed by atoms with van der Waals surface area (Å²) in [6.07, 6.45) is 1.58. The first-order valence-corrected chi connectivity index (χ1v) is 5.59. The smallest absolute Gasteiger partial charge is 0.262 e.